The minimum absolute atomic E-state index is 0.0126. The minimum atomic E-state index is -0.476. The summed E-state index contributed by atoms with van der Waals surface area (Å²) in [5.41, 5.74) is 0.591. The van der Waals surface area contributed by atoms with E-state index in [1.165, 1.54) is 6.08 Å². The molecule has 0 bridgehead atoms. The number of nitrogens with one attached hydrogen (secondary N) is 1. The molecule has 7 nitrogen and oxygen atoms in total. The lowest BCUT2D eigenvalue weighted by atomic mass is 10.1. The van der Waals surface area contributed by atoms with Crippen LogP contribution < -0.4 is 14.8 Å². The summed E-state index contributed by atoms with van der Waals surface area (Å²) >= 11 is 0. The van der Waals surface area contributed by atoms with Crippen LogP contribution in [0.5, 0.6) is 11.5 Å². The maximum absolute atomic E-state index is 12.0. The molecule has 1 rings (SSSR count). The molecule has 0 aliphatic carbocycles. The van der Waals surface area contributed by atoms with Crippen molar-refractivity contribution in [3.63, 3.8) is 0 Å². The van der Waals surface area contributed by atoms with Gasteiger partial charge in [0.25, 0.3) is 5.91 Å². The van der Waals surface area contributed by atoms with Crippen LogP contribution in [0, 0.1) is 11.3 Å². The highest BCUT2D eigenvalue weighted by Gasteiger charge is 2.12. The highest BCUT2D eigenvalue weighted by atomic mass is 16.6. The first kappa shape index (κ1) is 21.0. The summed E-state index contributed by atoms with van der Waals surface area (Å²) in [6.45, 7) is 7.59. The number of rotatable bonds is 9. The normalized spacial score (nSPS) is 10.8. The minimum Gasteiger partial charge on any atom is -0.490 e. The fourth-order valence-corrected chi connectivity index (χ4v) is 2.00. The van der Waals surface area contributed by atoms with Crippen molar-refractivity contribution in [2.75, 3.05) is 19.8 Å². The van der Waals surface area contributed by atoms with E-state index in [1.807, 2.05) is 26.8 Å². The van der Waals surface area contributed by atoms with Crippen molar-refractivity contribution in [1.82, 2.24) is 5.32 Å². The van der Waals surface area contributed by atoms with Gasteiger partial charge in [0.05, 0.1) is 13.2 Å². The third kappa shape index (κ3) is 6.85. The van der Waals surface area contributed by atoms with E-state index in [-0.39, 0.29) is 24.8 Å². The fraction of sp³-hybridized carbons (Fsp3) is 0.421. The molecule has 0 atom stereocenters. The number of hydrogen-bond donors (Lipinski definition) is 1. The molecule has 1 amide bonds. The topological polar surface area (TPSA) is 97.7 Å². The lowest BCUT2D eigenvalue weighted by Gasteiger charge is -2.12. The van der Waals surface area contributed by atoms with E-state index in [0.717, 1.165) is 0 Å². The molecule has 1 aromatic carbocycles. The van der Waals surface area contributed by atoms with Gasteiger partial charge in [-0.05, 0) is 51.5 Å². The Balaban J connectivity index is 3.02. The third-order valence-corrected chi connectivity index (χ3v) is 3.01. The van der Waals surface area contributed by atoms with Gasteiger partial charge in [0, 0.05) is 6.04 Å². The van der Waals surface area contributed by atoms with Crippen molar-refractivity contribution in [1.29, 1.82) is 5.26 Å². The van der Waals surface area contributed by atoms with Crippen LogP contribution in [0.1, 0.15) is 33.3 Å². The van der Waals surface area contributed by atoms with E-state index >= 15 is 0 Å². The van der Waals surface area contributed by atoms with Gasteiger partial charge in [0.15, 0.2) is 18.1 Å². The van der Waals surface area contributed by atoms with Crippen molar-refractivity contribution in [2.45, 2.75) is 33.7 Å². The maximum Gasteiger partial charge on any atom is 0.344 e. The Morgan fingerprint density at radius 2 is 1.92 bits per heavy atom. The van der Waals surface area contributed by atoms with Crippen molar-refractivity contribution in [3.05, 3.63) is 29.3 Å². The van der Waals surface area contributed by atoms with Gasteiger partial charge in [-0.25, -0.2) is 4.79 Å². The van der Waals surface area contributed by atoms with Gasteiger partial charge >= 0.3 is 5.97 Å². The molecule has 0 aliphatic rings. The Kier molecular flexibility index (Phi) is 8.71. The van der Waals surface area contributed by atoms with Crippen molar-refractivity contribution >= 4 is 18.0 Å². The van der Waals surface area contributed by atoms with Gasteiger partial charge < -0.3 is 19.5 Å². The molecule has 0 unspecified atom stereocenters. The highest BCUT2D eigenvalue weighted by molar-refractivity contribution is 6.01. The van der Waals surface area contributed by atoms with Crippen molar-refractivity contribution in [2.24, 2.45) is 0 Å². The summed E-state index contributed by atoms with van der Waals surface area (Å²) in [6, 6.07) is 6.75. The second kappa shape index (κ2) is 10.8. The highest BCUT2D eigenvalue weighted by Crippen LogP contribution is 2.29. The Labute approximate surface area is 153 Å². The second-order valence-electron chi connectivity index (χ2n) is 5.53. The number of nitriles is 1. The van der Waals surface area contributed by atoms with Gasteiger partial charge in [0.1, 0.15) is 11.6 Å². The molecule has 0 heterocycles. The number of esters is 1. The molecule has 26 heavy (non-hydrogen) atoms. The molecular formula is C19H24N2O5. The third-order valence-electron chi connectivity index (χ3n) is 3.01. The van der Waals surface area contributed by atoms with Crippen molar-refractivity contribution < 1.29 is 23.8 Å². The standard InChI is InChI=1S/C19H24N2O5/c1-5-24-17-10-14(9-15(11-20)19(23)21-13(3)4)7-8-16(17)26-12-18(22)25-6-2/h7-10,13H,5-6,12H2,1-4H3,(H,21,23). The molecule has 0 radical (unpaired) electrons. The number of nitrogens with zero attached hydrogens (tertiary/aromatic N) is 1. The van der Waals surface area contributed by atoms with E-state index < -0.39 is 11.9 Å². The predicted octanol–water partition coefficient (Wildman–Crippen LogP) is 2.46. The number of amides is 1. The summed E-state index contributed by atoms with van der Waals surface area (Å²) < 4.78 is 15.8. The summed E-state index contributed by atoms with van der Waals surface area (Å²) in [5, 5.41) is 11.9. The van der Waals surface area contributed by atoms with Crippen LogP contribution in [-0.4, -0.2) is 37.7 Å². The van der Waals surface area contributed by atoms with Crippen LogP contribution in [0.3, 0.4) is 0 Å². The van der Waals surface area contributed by atoms with Crippen LogP contribution in [0.4, 0.5) is 0 Å². The molecule has 7 heteroatoms. The van der Waals surface area contributed by atoms with E-state index in [4.69, 9.17) is 14.2 Å². The summed E-state index contributed by atoms with van der Waals surface area (Å²) in [4.78, 5) is 23.4. The number of ether oxygens (including phenoxy) is 3. The average molecular weight is 360 g/mol. The first-order valence-corrected chi connectivity index (χ1v) is 8.39. The Morgan fingerprint density at radius 3 is 2.50 bits per heavy atom. The van der Waals surface area contributed by atoms with Crippen LogP contribution in [0.25, 0.3) is 6.08 Å². The number of carbonyl (C=O) groups is 2. The average Bonchev–Trinajstić information content (AvgIpc) is 2.58. The molecular weight excluding hydrogens is 336 g/mol. The molecule has 0 saturated carbocycles. The molecule has 1 aromatic rings. The lowest BCUT2D eigenvalue weighted by Crippen LogP contribution is -2.30. The summed E-state index contributed by atoms with van der Waals surface area (Å²) in [5.74, 6) is -0.131. The zero-order valence-electron chi connectivity index (χ0n) is 15.5. The number of benzene rings is 1. The molecule has 0 saturated heterocycles. The van der Waals surface area contributed by atoms with Crippen molar-refractivity contribution in [3.8, 4) is 17.6 Å². The SMILES string of the molecule is CCOC(=O)COc1ccc(C=C(C#N)C(=O)NC(C)C)cc1OCC. The zero-order valence-corrected chi connectivity index (χ0v) is 15.5. The van der Waals surface area contributed by atoms with Crippen LogP contribution >= 0.6 is 0 Å². The molecule has 1 N–H and O–H groups in total. The zero-order chi connectivity index (χ0) is 19.5. The van der Waals surface area contributed by atoms with E-state index in [2.05, 4.69) is 5.32 Å². The van der Waals surface area contributed by atoms with Crippen LogP contribution in [0.15, 0.2) is 23.8 Å². The largest absolute Gasteiger partial charge is 0.490 e. The lowest BCUT2D eigenvalue weighted by molar-refractivity contribution is -0.145. The summed E-state index contributed by atoms with van der Waals surface area (Å²) in [7, 11) is 0. The van der Waals surface area contributed by atoms with Gasteiger partial charge in [-0.15, -0.1) is 0 Å². The molecule has 0 aliphatic heterocycles. The van der Waals surface area contributed by atoms with E-state index in [0.29, 0.717) is 23.7 Å². The molecule has 0 aromatic heterocycles. The maximum atomic E-state index is 12.0. The van der Waals surface area contributed by atoms with Gasteiger partial charge in [-0.1, -0.05) is 6.07 Å². The Morgan fingerprint density at radius 1 is 1.19 bits per heavy atom. The Bertz CT molecular complexity index is 704. The van der Waals surface area contributed by atoms with Gasteiger partial charge in [0.2, 0.25) is 0 Å². The molecule has 0 spiro atoms. The molecule has 0 fully saturated rings. The van der Waals surface area contributed by atoms with Gasteiger partial charge in [-0.2, -0.15) is 5.26 Å². The first-order valence-electron chi connectivity index (χ1n) is 8.39. The quantitative estimate of drug-likeness (QED) is 0.413. The van der Waals surface area contributed by atoms with E-state index in [1.54, 1.807) is 25.1 Å². The van der Waals surface area contributed by atoms with Crippen LogP contribution in [0.2, 0.25) is 0 Å². The monoisotopic (exact) mass is 360 g/mol. The number of hydrogen-bond acceptors (Lipinski definition) is 6. The fourth-order valence-electron chi connectivity index (χ4n) is 2.00. The van der Waals surface area contributed by atoms with Crippen LogP contribution in [-0.2, 0) is 14.3 Å². The molecule has 140 valence electrons. The first-order chi connectivity index (χ1) is 12.4. The Hall–Kier alpha value is -3.01. The predicted molar refractivity (Wildman–Crippen MR) is 96.6 cm³/mol. The second-order valence-corrected chi connectivity index (χ2v) is 5.53. The smallest absolute Gasteiger partial charge is 0.344 e. The van der Waals surface area contributed by atoms with Gasteiger partial charge in [-0.3, -0.25) is 4.79 Å². The summed E-state index contributed by atoms with van der Waals surface area (Å²) in [6.07, 6.45) is 1.47. The van der Waals surface area contributed by atoms with E-state index in [9.17, 15) is 14.9 Å². The number of carbonyl (C=O) groups excluding carboxylic acids is 2.